The molecule has 100 valence electrons. The molecule has 0 saturated carbocycles. The highest BCUT2D eigenvalue weighted by Gasteiger charge is 2.17. The van der Waals surface area contributed by atoms with E-state index in [1.807, 2.05) is 6.92 Å². The fourth-order valence-electron chi connectivity index (χ4n) is 1.45. The van der Waals surface area contributed by atoms with E-state index >= 15 is 0 Å². The zero-order chi connectivity index (χ0) is 13.7. The minimum atomic E-state index is -0.856. The van der Waals surface area contributed by atoms with E-state index < -0.39 is 15.7 Å². The lowest BCUT2D eigenvalue weighted by molar-refractivity contribution is -0.384. The molecule has 7 heteroatoms. The molecule has 18 heavy (non-hydrogen) atoms. The Morgan fingerprint density at radius 1 is 1.61 bits per heavy atom. The molecule has 1 aromatic rings. The third-order valence-electron chi connectivity index (χ3n) is 2.42. The van der Waals surface area contributed by atoms with Gasteiger partial charge in [-0.25, -0.2) is 4.98 Å². The predicted molar refractivity (Wildman–Crippen MR) is 72.3 cm³/mol. The van der Waals surface area contributed by atoms with Gasteiger partial charge in [0.1, 0.15) is 0 Å². The highest BCUT2D eigenvalue weighted by molar-refractivity contribution is 7.84. The van der Waals surface area contributed by atoms with Crippen molar-refractivity contribution in [2.24, 2.45) is 0 Å². The van der Waals surface area contributed by atoms with Gasteiger partial charge in [-0.15, -0.1) is 0 Å². The number of nitrogens with zero attached hydrogens (tertiary/aromatic N) is 2. The molecule has 2 unspecified atom stereocenters. The van der Waals surface area contributed by atoms with Gasteiger partial charge < -0.3 is 5.32 Å². The van der Waals surface area contributed by atoms with Crippen molar-refractivity contribution < 1.29 is 9.13 Å². The number of nitrogens with one attached hydrogen (secondary N) is 1. The molecule has 1 rings (SSSR count). The summed E-state index contributed by atoms with van der Waals surface area (Å²) in [5.41, 5.74) is 0.717. The summed E-state index contributed by atoms with van der Waals surface area (Å²) >= 11 is 0. The van der Waals surface area contributed by atoms with E-state index in [0.717, 1.165) is 5.56 Å². The molecule has 0 aliphatic heterocycles. The van der Waals surface area contributed by atoms with Gasteiger partial charge in [0.2, 0.25) is 5.82 Å². The van der Waals surface area contributed by atoms with Gasteiger partial charge in [0.25, 0.3) is 0 Å². The van der Waals surface area contributed by atoms with Crippen LogP contribution in [0.25, 0.3) is 0 Å². The summed E-state index contributed by atoms with van der Waals surface area (Å²) in [4.78, 5) is 14.5. The molecule has 6 nitrogen and oxygen atoms in total. The molecule has 0 bridgehead atoms. The van der Waals surface area contributed by atoms with Crippen molar-refractivity contribution in [1.29, 1.82) is 0 Å². The van der Waals surface area contributed by atoms with Gasteiger partial charge in [0.05, 0.1) is 4.92 Å². The van der Waals surface area contributed by atoms with Crippen LogP contribution in [0.5, 0.6) is 0 Å². The molecule has 0 saturated heterocycles. The minimum Gasteiger partial charge on any atom is -0.362 e. The Morgan fingerprint density at radius 2 is 2.28 bits per heavy atom. The predicted octanol–water partition coefficient (Wildman–Crippen LogP) is 1.87. The maximum absolute atomic E-state index is 11.0. The lowest BCUT2D eigenvalue weighted by atomic mass is 10.2. The zero-order valence-electron chi connectivity index (χ0n) is 10.7. The quantitative estimate of drug-likeness (QED) is 0.630. The van der Waals surface area contributed by atoms with E-state index in [0.29, 0.717) is 12.2 Å². The summed E-state index contributed by atoms with van der Waals surface area (Å²) in [6.07, 6.45) is 3.90. The van der Waals surface area contributed by atoms with E-state index in [1.54, 1.807) is 19.4 Å². The van der Waals surface area contributed by atoms with Gasteiger partial charge in [0.15, 0.2) is 0 Å². The Labute approximate surface area is 108 Å². The smallest absolute Gasteiger partial charge is 0.311 e. The van der Waals surface area contributed by atoms with Gasteiger partial charge in [0, 0.05) is 41.1 Å². The monoisotopic (exact) mass is 271 g/mol. The van der Waals surface area contributed by atoms with Crippen LogP contribution >= 0.6 is 0 Å². The molecule has 0 aromatic carbocycles. The molecule has 0 aliphatic rings. The van der Waals surface area contributed by atoms with Crippen molar-refractivity contribution in [1.82, 2.24) is 4.98 Å². The summed E-state index contributed by atoms with van der Waals surface area (Å²) in [5.74, 6) is 0.827. The third-order valence-corrected chi connectivity index (χ3v) is 3.23. The Hall–Kier alpha value is -1.50. The van der Waals surface area contributed by atoms with Gasteiger partial charge in [-0.2, -0.15) is 0 Å². The first-order valence-electron chi connectivity index (χ1n) is 5.57. The van der Waals surface area contributed by atoms with Crippen LogP contribution in [0.2, 0.25) is 0 Å². The molecule has 0 amide bonds. The number of hydrogen-bond donors (Lipinski definition) is 1. The van der Waals surface area contributed by atoms with Crippen molar-refractivity contribution in [3.63, 3.8) is 0 Å². The molecule has 0 radical (unpaired) electrons. The Kier molecular flexibility index (Phi) is 5.21. The van der Waals surface area contributed by atoms with E-state index in [4.69, 9.17) is 0 Å². The second kappa shape index (κ2) is 6.44. The average Bonchev–Trinajstić information content (AvgIpc) is 2.28. The molecular formula is C11H17N3O3S. The number of nitro groups is 1. The lowest BCUT2D eigenvalue weighted by Gasteiger charge is -2.13. The molecule has 1 N–H and O–H groups in total. The molecule has 1 aromatic heterocycles. The number of rotatable bonds is 6. The van der Waals surface area contributed by atoms with Crippen LogP contribution in [0.4, 0.5) is 11.5 Å². The van der Waals surface area contributed by atoms with Crippen LogP contribution in [-0.2, 0) is 10.8 Å². The topological polar surface area (TPSA) is 85.1 Å². The zero-order valence-corrected chi connectivity index (χ0v) is 11.5. The van der Waals surface area contributed by atoms with Crippen molar-refractivity contribution in [2.75, 3.05) is 17.3 Å². The molecule has 0 fully saturated rings. The maximum atomic E-state index is 11.0. The van der Waals surface area contributed by atoms with Crippen molar-refractivity contribution >= 4 is 22.3 Å². The van der Waals surface area contributed by atoms with Crippen LogP contribution < -0.4 is 5.32 Å². The Balaban J connectivity index is 2.77. The van der Waals surface area contributed by atoms with Gasteiger partial charge in [-0.1, -0.05) is 0 Å². The summed E-state index contributed by atoms with van der Waals surface area (Å²) in [6.45, 7) is 3.64. The summed E-state index contributed by atoms with van der Waals surface area (Å²) in [6, 6.07) is 1.47. The fourth-order valence-corrected chi connectivity index (χ4v) is 2.14. The number of aryl methyl sites for hydroxylation is 1. The summed E-state index contributed by atoms with van der Waals surface area (Å²) < 4.78 is 11.0. The highest BCUT2D eigenvalue weighted by Crippen LogP contribution is 2.23. The fraction of sp³-hybridized carbons (Fsp3) is 0.545. The first-order valence-corrected chi connectivity index (χ1v) is 7.30. The van der Waals surface area contributed by atoms with Crippen LogP contribution in [0.15, 0.2) is 12.3 Å². The standard InChI is InChI=1S/C11H17N3O3S/c1-8-6-10(14(15)16)11(12-7-8)13-9(2)4-5-18(3)17/h6-7,9H,4-5H2,1-3H3,(H,12,13). The van der Waals surface area contributed by atoms with Crippen molar-refractivity contribution in [3.05, 3.63) is 27.9 Å². The summed E-state index contributed by atoms with van der Waals surface area (Å²) in [5, 5.41) is 13.9. The Bertz CT molecular complexity index is 465. The number of pyridine rings is 1. The first kappa shape index (κ1) is 14.6. The van der Waals surface area contributed by atoms with E-state index in [1.165, 1.54) is 6.07 Å². The molecule has 2 atom stereocenters. The molecule has 1 heterocycles. The van der Waals surface area contributed by atoms with Gasteiger partial charge in [-0.05, 0) is 25.8 Å². The van der Waals surface area contributed by atoms with Crippen molar-refractivity contribution in [3.8, 4) is 0 Å². The highest BCUT2D eigenvalue weighted by atomic mass is 32.2. The van der Waals surface area contributed by atoms with Crippen LogP contribution in [-0.4, -0.2) is 32.2 Å². The minimum absolute atomic E-state index is 0.0113. The van der Waals surface area contributed by atoms with Crippen LogP contribution in [0.1, 0.15) is 18.9 Å². The number of anilines is 1. The third kappa shape index (κ3) is 4.40. The van der Waals surface area contributed by atoms with E-state index in [-0.39, 0.29) is 17.5 Å². The number of hydrogen-bond acceptors (Lipinski definition) is 5. The maximum Gasteiger partial charge on any atom is 0.311 e. The van der Waals surface area contributed by atoms with Gasteiger partial charge >= 0.3 is 5.69 Å². The van der Waals surface area contributed by atoms with Crippen LogP contribution in [0.3, 0.4) is 0 Å². The molecule has 0 spiro atoms. The lowest BCUT2D eigenvalue weighted by Crippen LogP contribution is -2.19. The van der Waals surface area contributed by atoms with E-state index in [9.17, 15) is 14.3 Å². The van der Waals surface area contributed by atoms with Crippen molar-refractivity contribution in [2.45, 2.75) is 26.3 Å². The largest absolute Gasteiger partial charge is 0.362 e. The second-order valence-corrected chi connectivity index (χ2v) is 5.80. The summed E-state index contributed by atoms with van der Waals surface area (Å²) in [7, 11) is -0.856. The van der Waals surface area contributed by atoms with Gasteiger partial charge in [-0.3, -0.25) is 14.3 Å². The molecule has 0 aliphatic carbocycles. The van der Waals surface area contributed by atoms with Crippen LogP contribution in [0, 0.1) is 17.0 Å². The normalized spacial score (nSPS) is 13.9. The average molecular weight is 271 g/mol. The Morgan fingerprint density at radius 3 is 2.83 bits per heavy atom. The first-order chi connectivity index (χ1) is 8.40. The SMILES string of the molecule is Cc1cnc(NC(C)CCS(C)=O)c([N+](=O)[O-])c1. The number of aromatic nitrogens is 1. The molecular weight excluding hydrogens is 254 g/mol. The second-order valence-electron chi connectivity index (χ2n) is 4.25. The van der Waals surface area contributed by atoms with E-state index in [2.05, 4.69) is 10.3 Å².